The van der Waals surface area contributed by atoms with E-state index in [1.165, 1.54) is 17.0 Å². The molecule has 33 heavy (non-hydrogen) atoms. The molecule has 0 unspecified atom stereocenters. The van der Waals surface area contributed by atoms with E-state index in [-0.39, 0.29) is 30.5 Å². The Morgan fingerprint density at radius 2 is 1.79 bits per heavy atom. The number of rotatable bonds is 4. The van der Waals surface area contributed by atoms with Crippen molar-refractivity contribution in [1.29, 1.82) is 0 Å². The second-order valence-electron chi connectivity index (χ2n) is 8.13. The van der Waals surface area contributed by atoms with Crippen molar-refractivity contribution in [3.8, 4) is 0 Å². The van der Waals surface area contributed by atoms with Crippen molar-refractivity contribution in [2.24, 2.45) is 0 Å². The van der Waals surface area contributed by atoms with Gasteiger partial charge in [-0.1, -0.05) is 41.9 Å². The van der Waals surface area contributed by atoms with Crippen LogP contribution in [0.2, 0.25) is 5.02 Å². The van der Waals surface area contributed by atoms with Crippen LogP contribution in [0.4, 0.5) is 18.9 Å². The maximum atomic E-state index is 13.2. The second kappa shape index (κ2) is 8.23. The zero-order chi connectivity index (χ0) is 23.2. The van der Waals surface area contributed by atoms with Crippen LogP contribution >= 0.6 is 11.6 Å². The van der Waals surface area contributed by atoms with Crippen LogP contribution in [-0.4, -0.2) is 22.0 Å². The fourth-order valence-electron chi connectivity index (χ4n) is 4.37. The number of halogens is 4. The Morgan fingerprint density at radius 1 is 1.00 bits per heavy atom. The number of amides is 1. The largest absolute Gasteiger partial charge is 0.416 e. The van der Waals surface area contributed by atoms with Gasteiger partial charge in [0.1, 0.15) is 5.82 Å². The molecule has 1 fully saturated rings. The lowest BCUT2D eigenvalue weighted by molar-refractivity contribution is -0.137. The molecule has 1 aliphatic rings. The first-order valence-corrected chi connectivity index (χ1v) is 10.8. The lowest BCUT2D eigenvalue weighted by atomic mass is 10.1. The first kappa shape index (κ1) is 21.5. The quantitative estimate of drug-likeness (QED) is 0.353. The van der Waals surface area contributed by atoms with Crippen molar-refractivity contribution in [2.75, 3.05) is 11.4 Å². The molecule has 1 aromatic heterocycles. The summed E-state index contributed by atoms with van der Waals surface area (Å²) in [4.78, 5) is 19.1. The summed E-state index contributed by atoms with van der Waals surface area (Å²) in [6.07, 6.45) is -4.29. The van der Waals surface area contributed by atoms with Crippen molar-refractivity contribution in [1.82, 2.24) is 9.55 Å². The number of fused-ring (bicyclic) bond motifs is 1. The number of nitrogens with zero attached hydrogens (tertiary/aromatic N) is 3. The lowest BCUT2D eigenvalue weighted by Gasteiger charge is -2.19. The van der Waals surface area contributed by atoms with E-state index >= 15 is 0 Å². The van der Waals surface area contributed by atoms with Crippen molar-refractivity contribution < 1.29 is 18.0 Å². The highest BCUT2D eigenvalue weighted by molar-refractivity contribution is 6.30. The third-order valence-electron chi connectivity index (χ3n) is 5.89. The Labute approximate surface area is 193 Å². The third-order valence-corrected chi connectivity index (χ3v) is 6.12. The Hall–Kier alpha value is -3.32. The normalized spacial score (nSPS) is 16.7. The van der Waals surface area contributed by atoms with E-state index in [0.717, 1.165) is 34.6 Å². The fraction of sp³-hybridized carbons (Fsp3) is 0.200. The predicted molar refractivity (Wildman–Crippen MR) is 121 cm³/mol. The van der Waals surface area contributed by atoms with Gasteiger partial charge in [-0.2, -0.15) is 13.2 Å². The van der Waals surface area contributed by atoms with Gasteiger partial charge in [-0.25, -0.2) is 4.98 Å². The minimum atomic E-state index is -4.47. The minimum Gasteiger partial charge on any atom is -0.323 e. The number of para-hydroxylation sites is 2. The molecule has 0 bridgehead atoms. The molecule has 168 valence electrons. The van der Waals surface area contributed by atoms with Gasteiger partial charge < -0.3 is 9.47 Å². The van der Waals surface area contributed by atoms with Crippen LogP contribution in [0.25, 0.3) is 11.0 Å². The van der Waals surface area contributed by atoms with E-state index < -0.39 is 11.7 Å². The monoisotopic (exact) mass is 469 g/mol. The summed E-state index contributed by atoms with van der Waals surface area (Å²) in [6, 6.07) is 20.1. The molecular weight excluding hydrogens is 451 g/mol. The van der Waals surface area contributed by atoms with Gasteiger partial charge in [-0.3, -0.25) is 4.79 Å². The van der Waals surface area contributed by atoms with Gasteiger partial charge in [0.2, 0.25) is 5.91 Å². The summed E-state index contributed by atoms with van der Waals surface area (Å²) in [7, 11) is 0. The number of hydrogen-bond acceptors (Lipinski definition) is 2. The van der Waals surface area contributed by atoms with Crippen molar-refractivity contribution in [3.05, 3.63) is 94.8 Å². The summed E-state index contributed by atoms with van der Waals surface area (Å²) in [6.45, 7) is 0.781. The standard InChI is InChI=1S/C25H19ClF3N3O/c26-19-7-3-5-16(11-19)14-32-22-10-2-1-9-21(22)30-24(32)17-12-23(33)31(15-17)20-8-4-6-18(13-20)25(27,28)29/h1-11,13,17H,12,14-15H2/t17-/m1/s1. The summed E-state index contributed by atoms with van der Waals surface area (Å²) >= 11 is 6.16. The molecular formula is C25H19ClF3N3O. The molecule has 0 radical (unpaired) electrons. The molecule has 0 spiro atoms. The molecule has 1 amide bonds. The zero-order valence-corrected chi connectivity index (χ0v) is 18.1. The molecule has 1 atom stereocenters. The summed E-state index contributed by atoms with van der Waals surface area (Å²) in [5, 5.41) is 0.630. The Kier molecular flexibility index (Phi) is 5.37. The van der Waals surface area contributed by atoms with Crippen molar-refractivity contribution >= 4 is 34.2 Å². The first-order valence-electron chi connectivity index (χ1n) is 10.5. The van der Waals surface area contributed by atoms with Crippen LogP contribution in [0.5, 0.6) is 0 Å². The summed E-state index contributed by atoms with van der Waals surface area (Å²) < 4.78 is 41.6. The molecule has 4 nitrogen and oxygen atoms in total. The van der Waals surface area contributed by atoms with Crippen LogP contribution in [0.15, 0.2) is 72.8 Å². The van der Waals surface area contributed by atoms with Crippen LogP contribution < -0.4 is 4.90 Å². The van der Waals surface area contributed by atoms with Gasteiger partial charge in [0, 0.05) is 36.1 Å². The number of aromatic nitrogens is 2. The smallest absolute Gasteiger partial charge is 0.323 e. The number of anilines is 1. The number of carbonyl (C=O) groups is 1. The van der Waals surface area contributed by atoms with Gasteiger partial charge in [-0.15, -0.1) is 0 Å². The number of alkyl halides is 3. The number of benzene rings is 3. The second-order valence-corrected chi connectivity index (χ2v) is 8.56. The predicted octanol–water partition coefficient (Wildman–Crippen LogP) is 6.28. The topological polar surface area (TPSA) is 38.1 Å². The summed E-state index contributed by atoms with van der Waals surface area (Å²) in [5.74, 6) is 0.262. The average molecular weight is 470 g/mol. The molecule has 0 aliphatic carbocycles. The van der Waals surface area contributed by atoms with Gasteiger partial charge in [0.25, 0.3) is 0 Å². The van der Waals surface area contributed by atoms with Crippen LogP contribution in [-0.2, 0) is 17.5 Å². The highest BCUT2D eigenvalue weighted by Crippen LogP contribution is 2.36. The van der Waals surface area contributed by atoms with E-state index in [2.05, 4.69) is 4.57 Å². The SMILES string of the molecule is O=C1C[C@@H](c2nc3ccccc3n2Cc2cccc(Cl)c2)CN1c1cccc(C(F)(F)F)c1. The van der Waals surface area contributed by atoms with Gasteiger partial charge in [0.15, 0.2) is 0 Å². The van der Waals surface area contributed by atoms with Crippen molar-refractivity contribution in [3.63, 3.8) is 0 Å². The van der Waals surface area contributed by atoms with E-state index in [0.29, 0.717) is 11.6 Å². The van der Waals surface area contributed by atoms with E-state index in [4.69, 9.17) is 16.6 Å². The molecule has 0 N–H and O–H groups in total. The molecule has 5 rings (SSSR count). The van der Waals surface area contributed by atoms with Gasteiger partial charge in [0.05, 0.1) is 16.6 Å². The molecule has 3 aromatic carbocycles. The van der Waals surface area contributed by atoms with Crippen LogP contribution in [0.3, 0.4) is 0 Å². The fourth-order valence-corrected chi connectivity index (χ4v) is 4.58. The van der Waals surface area contributed by atoms with Gasteiger partial charge >= 0.3 is 6.18 Å². The van der Waals surface area contributed by atoms with E-state index in [1.54, 1.807) is 6.07 Å². The molecule has 8 heteroatoms. The average Bonchev–Trinajstić information content (AvgIpc) is 3.34. The molecule has 1 saturated heterocycles. The molecule has 1 aliphatic heterocycles. The van der Waals surface area contributed by atoms with Crippen LogP contribution in [0.1, 0.15) is 29.3 Å². The summed E-state index contributed by atoms with van der Waals surface area (Å²) in [5.41, 5.74) is 2.20. The lowest BCUT2D eigenvalue weighted by Crippen LogP contribution is -2.25. The van der Waals surface area contributed by atoms with E-state index in [1.807, 2.05) is 42.5 Å². The molecule has 4 aromatic rings. The maximum absolute atomic E-state index is 13.2. The maximum Gasteiger partial charge on any atom is 0.416 e. The Balaban J connectivity index is 1.51. The Bertz CT molecular complexity index is 1350. The van der Waals surface area contributed by atoms with Crippen molar-refractivity contribution in [2.45, 2.75) is 25.1 Å². The van der Waals surface area contributed by atoms with Gasteiger partial charge in [-0.05, 0) is 48.0 Å². The highest BCUT2D eigenvalue weighted by atomic mass is 35.5. The molecule has 2 heterocycles. The first-order chi connectivity index (χ1) is 15.8. The minimum absolute atomic E-state index is 0.176. The number of carbonyl (C=O) groups excluding carboxylic acids is 1. The number of hydrogen-bond donors (Lipinski definition) is 0. The molecule has 0 saturated carbocycles. The zero-order valence-electron chi connectivity index (χ0n) is 17.4. The van der Waals surface area contributed by atoms with Crippen LogP contribution in [0, 0.1) is 0 Å². The number of imidazole rings is 1. The third kappa shape index (κ3) is 4.20. The highest BCUT2D eigenvalue weighted by Gasteiger charge is 2.36. The Morgan fingerprint density at radius 3 is 2.58 bits per heavy atom. The van der Waals surface area contributed by atoms with E-state index in [9.17, 15) is 18.0 Å².